The Bertz CT molecular complexity index is 798. The molecule has 0 radical (unpaired) electrons. The summed E-state index contributed by atoms with van der Waals surface area (Å²) >= 11 is 5.74. The van der Waals surface area contributed by atoms with Crippen LogP contribution in [0.4, 0.5) is 4.39 Å². The Balaban J connectivity index is 2.09. The second-order valence-corrected chi connectivity index (χ2v) is 4.88. The fourth-order valence-corrected chi connectivity index (χ4v) is 2.36. The molecule has 0 atom stereocenters. The maximum Gasteiger partial charge on any atom is 0.152 e. The minimum Gasteiger partial charge on any atom is -0.327 e. The summed E-state index contributed by atoms with van der Waals surface area (Å²) in [5.41, 5.74) is 1.70. The van der Waals surface area contributed by atoms with Crippen molar-refractivity contribution < 1.29 is 9.18 Å². The molecule has 0 saturated carbocycles. The average Bonchev–Trinajstić information content (AvgIpc) is 2.80. The molecule has 0 spiro atoms. The van der Waals surface area contributed by atoms with Crippen molar-refractivity contribution >= 4 is 28.9 Å². The van der Waals surface area contributed by atoms with Crippen LogP contribution in [0.3, 0.4) is 0 Å². The first-order valence-electron chi connectivity index (χ1n) is 6.02. The first-order valence-corrected chi connectivity index (χ1v) is 6.40. The third-order valence-electron chi connectivity index (χ3n) is 3.15. The highest BCUT2D eigenvalue weighted by molar-refractivity contribution is 6.30. The first kappa shape index (κ1) is 12.8. The van der Waals surface area contributed by atoms with Crippen LogP contribution in [0.2, 0.25) is 5.02 Å². The van der Waals surface area contributed by atoms with Gasteiger partial charge in [-0.2, -0.15) is 0 Å². The van der Waals surface area contributed by atoms with Crippen LogP contribution in [-0.2, 0) is 6.54 Å². The molecule has 20 heavy (non-hydrogen) atoms. The molecule has 2 heterocycles. The van der Waals surface area contributed by atoms with E-state index in [4.69, 9.17) is 11.6 Å². The normalized spacial score (nSPS) is 10.9. The Labute approximate surface area is 119 Å². The van der Waals surface area contributed by atoms with E-state index in [1.54, 1.807) is 35.2 Å². The zero-order valence-electron chi connectivity index (χ0n) is 10.4. The summed E-state index contributed by atoms with van der Waals surface area (Å²) in [7, 11) is 0. The minimum atomic E-state index is -0.372. The lowest BCUT2D eigenvalue weighted by Crippen LogP contribution is -2.01. The number of carbonyl (C=O) groups excluding carboxylic acids is 1. The number of carbonyl (C=O) groups is 1. The van der Waals surface area contributed by atoms with Gasteiger partial charge in [0.2, 0.25) is 0 Å². The quantitative estimate of drug-likeness (QED) is 0.689. The maximum absolute atomic E-state index is 13.8. The number of fused-ring (bicyclic) bond motifs is 1. The summed E-state index contributed by atoms with van der Waals surface area (Å²) < 4.78 is 15.6. The van der Waals surface area contributed by atoms with Gasteiger partial charge in [-0.15, -0.1) is 0 Å². The van der Waals surface area contributed by atoms with E-state index in [-0.39, 0.29) is 5.82 Å². The molecule has 0 aliphatic rings. The number of hydrogen-bond donors (Lipinski definition) is 0. The molecule has 3 rings (SSSR count). The van der Waals surface area contributed by atoms with Gasteiger partial charge in [-0.05, 0) is 24.3 Å². The lowest BCUT2D eigenvalue weighted by Gasteiger charge is -2.06. The van der Waals surface area contributed by atoms with E-state index in [1.165, 1.54) is 6.07 Å². The minimum absolute atomic E-state index is 0.296. The summed E-state index contributed by atoms with van der Waals surface area (Å²) in [5, 5.41) is 1.12. The molecular formula is C15H10ClFN2O. The molecule has 0 N–H and O–H groups in total. The SMILES string of the molecule is O=Cc1cn(Cc2ccc(Cl)cc2F)c2ncccc12. The molecule has 1 aromatic carbocycles. The molecule has 5 heteroatoms. The Hall–Kier alpha value is -2.20. The van der Waals surface area contributed by atoms with Crippen LogP contribution in [0.5, 0.6) is 0 Å². The Morgan fingerprint density at radius 1 is 1.35 bits per heavy atom. The Morgan fingerprint density at radius 3 is 2.95 bits per heavy atom. The number of benzene rings is 1. The van der Waals surface area contributed by atoms with Crippen molar-refractivity contribution in [3.05, 3.63) is 64.7 Å². The van der Waals surface area contributed by atoms with Gasteiger partial charge in [-0.1, -0.05) is 17.7 Å². The van der Waals surface area contributed by atoms with Crippen molar-refractivity contribution in [1.29, 1.82) is 0 Å². The number of pyridine rings is 1. The smallest absolute Gasteiger partial charge is 0.152 e. The van der Waals surface area contributed by atoms with Crippen LogP contribution in [0.15, 0.2) is 42.7 Å². The molecule has 0 fully saturated rings. The first-order chi connectivity index (χ1) is 9.69. The number of hydrogen-bond acceptors (Lipinski definition) is 2. The number of halogens is 2. The molecule has 0 amide bonds. The van der Waals surface area contributed by atoms with E-state index in [2.05, 4.69) is 4.98 Å². The van der Waals surface area contributed by atoms with E-state index in [0.29, 0.717) is 28.3 Å². The average molecular weight is 289 g/mol. The Morgan fingerprint density at radius 2 is 2.20 bits per heavy atom. The van der Waals surface area contributed by atoms with E-state index >= 15 is 0 Å². The van der Waals surface area contributed by atoms with Crippen molar-refractivity contribution in [2.24, 2.45) is 0 Å². The van der Waals surface area contributed by atoms with Crippen molar-refractivity contribution in [3.8, 4) is 0 Å². The summed E-state index contributed by atoms with van der Waals surface area (Å²) in [4.78, 5) is 15.3. The van der Waals surface area contributed by atoms with E-state index in [1.807, 2.05) is 6.07 Å². The molecule has 100 valence electrons. The predicted octanol–water partition coefficient (Wildman–Crippen LogP) is 3.69. The van der Waals surface area contributed by atoms with Gasteiger partial charge < -0.3 is 4.57 Å². The maximum atomic E-state index is 13.8. The third kappa shape index (κ3) is 2.18. The molecule has 3 nitrogen and oxygen atoms in total. The van der Waals surface area contributed by atoms with Crippen LogP contribution in [-0.4, -0.2) is 15.8 Å². The van der Waals surface area contributed by atoms with Gasteiger partial charge in [0, 0.05) is 33.9 Å². The zero-order chi connectivity index (χ0) is 14.1. The molecule has 0 aliphatic carbocycles. The van der Waals surface area contributed by atoms with E-state index in [9.17, 15) is 9.18 Å². The molecule has 2 aromatic heterocycles. The zero-order valence-corrected chi connectivity index (χ0v) is 11.1. The fraction of sp³-hybridized carbons (Fsp3) is 0.0667. The lowest BCUT2D eigenvalue weighted by atomic mass is 10.2. The second-order valence-electron chi connectivity index (χ2n) is 4.44. The summed E-state index contributed by atoms with van der Waals surface area (Å²) in [6.45, 7) is 0.296. The van der Waals surface area contributed by atoms with Crippen molar-refractivity contribution in [2.75, 3.05) is 0 Å². The van der Waals surface area contributed by atoms with Gasteiger partial charge in [0.1, 0.15) is 11.5 Å². The van der Waals surface area contributed by atoms with Gasteiger partial charge in [0.15, 0.2) is 6.29 Å². The van der Waals surface area contributed by atoms with Crippen LogP contribution in [0.25, 0.3) is 11.0 Å². The monoisotopic (exact) mass is 288 g/mol. The van der Waals surface area contributed by atoms with Gasteiger partial charge >= 0.3 is 0 Å². The van der Waals surface area contributed by atoms with E-state index < -0.39 is 0 Å². The third-order valence-corrected chi connectivity index (χ3v) is 3.38. The summed E-state index contributed by atoms with van der Waals surface area (Å²) in [6.07, 6.45) is 4.10. The van der Waals surface area contributed by atoms with Crippen LogP contribution in [0.1, 0.15) is 15.9 Å². The summed E-state index contributed by atoms with van der Waals surface area (Å²) in [5.74, 6) is -0.372. The largest absolute Gasteiger partial charge is 0.327 e. The summed E-state index contributed by atoms with van der Waals surface area (Å²) in [6, 6.07) is 8.13. The highest BCUT2D eigenvalue weighted by Gasteiger charge is 2.11. The molecule has 3 aromatic rings. The van der Waals surface area contributed by atoms with Crippen molar-refractivity contribution in [3.63, 3.8) is 0 Å². The van der Waals surface area contributed by atoms with Crippen LogP contribution >= 0.6 is 11.6 Å². The van der Waals surface area contributed by atoms with Crippen LogP contribution in [0, 0.1) is 5.82 Å². The molecule has 0 unspecified atom stereocenters. The highest BCUT2D eigenvalue weighted by atomic mass is 35.5. The number of rotatable bonds is 3. The number of aldehydes is 1. The number of nitrogens with zero attached hydrogens (tertiary/aromatic N) is 2. The predicted molar refractivity (Wildman–Crippen MR) is 75.6 cm³/mol. The van der Waals surface area contributed by atoms with Gasteiger partial charge in [-0.25, -0.2) is 9.37 Å². The highest BCUT2D eigenvalue weighted by Crippen LogP contribution is 2.21. The topological polar surface area (TPSA) is 34.9 Å². The van der Waals surface area contributed by atoms with Crippen molar-refractivity contribution in [1.82, 2.24) is 9.55 Å². The fourth-order valence-electron chi connectivity index (χ4n) is 2.20. The second kappa shape index (κ2) is 5.06. The molecular weight excluding hydrogens is 279 g/mol. The standard InChI is InChI=1S/C15H10ClFN2O/c16-12-4-3-10(14(17)6-12)7-19-8-11(9-20)13-2-1-5-18-15(13)19/h1-6,8-9H,7H2. The van der Waals surface area contributed by atoms with Gasteiger partial charge in [0.25, 0.3) is 0 Å². The molecule has 0 aliphatic heterocycles. The van der Waals surface area contributed by atoms with Crippen molar-refractivity contribution in [2.45, 2.75) is 6.54 Å². The molecule has 0 saturated heterocycles. The van der Waals surface area contributed by atoms with Gasteiger partial charge in [0.05, 0.1) is 6.54 Å². The Kier molecular flexibility index (Phi) is 3.24. The van der Waals surface area contributed by atoms with Crippen LogP contribution < -0.4 is 0 Å². The number of aromatic nitrogens is 2. The molecule has 0 bridgehead atoms. The van der Waals surface area contributed by atoms with E-state index in [0.717, 1.165) is 11.7 Å². The lowest BCUT2D eigenvalue weighted by molar-refractivity contribution is 0.112. The van der Waals surface area contributed by atoms with Gasteiger partial charge in [-0.3, -0.25) is 4.79 Å².